The summed E-state index contributed by atoms with van der Waals surface area (Å²) in [5, 5.41) is 0.318. The zero-order valence-corrected chi connectivity index (χ0v) is 12.5. The van der Waals surface area contributed by atoms with Crippen LogP contribution in [0.5, 0.6) is 11.5 Å². The fourth-order valence-corrected chi connectivity index (χ4v) is 2.18. The molecule has 0 fully saturated rings. The van der Waals surface area contributed by atoms with Gasteiger partial charge in [0.25, 0.3) is 0 Å². The number of fused-ring (bicyclic) bond motifs is 1. The monoisotopic (exact) mass is 311 g/mol. The van der Waals surface area contributed by atoms with Crippen molar-refractivity contribution in [3.05, 3.63) is 52.9 Å². The van der Waals surface area contributed by atoms with Crippen molar-refractivity contribution in [2.24, 2.45) is 0 Å². The van der Waals surface area contributed by atoms with Crippen LogP contribution in [-0.4, -0.2) is 18.1 Å². The van der Waals surface area contributed by atoms with Gasteiger partial charge in [-0.3, -0.25) is 4.79 Å². The first-order valence-corrected chi connectivity index (χ1v) is 6.85. The lowest BCUT2D eigenvalue weighted by atomic mass is 10.2. The van der Waals surface area contributed by atoms with Gasteiger partial charge in [0.1, 0.15) is 11.5 Å². The molecular formula is C17H13NO5. The van der Waals surface area contributed by atoms with Gasteiger partial charge in [-0.25, -0.2) is 9.78 Å². The Morgan fingerprint density at radius 3 is 2.70 bits per heavy atom. The van der Waals surface area contributed by atoms with Crippen LogP contribution in [0.25, 0.3) is 22.4 Å². The van der Waals surface area contributed by atoms with Crippen LogP contribution in [0.4, 0.5) is 0 Å². The summed E-state index contributed by atoms with van der Waals surface area (Å²) in [6.07, 6.45) is 0. The lowest BCUT2D eigenvalue weighted by Gasteiger charge is -2.08. The molecule has 1 aromatic heterocycles. The molecule has 6 nitrogen and oxygen atoms in total. The standard InChI is InChI=1S/C17H13NO5/c1-10(19)22-15-6-4-3-5-12(15)16-18-14-8-7-11(21-2)9-13(14)17(20)23-16/h3-9H,1-2H3. The molecule has 1 heterocycles. The van der Waals surface area contributed by atoms with E-state index >= 15 is 0 Å². The number of hydrogen-bond donors (Lipinski definition) is 0. The predicted octanol–water partition coefficient (Wildman–Crippen LogP) is 2.79. The van der Waals surface area contributed by atoms with Crippen LogP contribution in [0.2, 0.25) is 0 Å². The van der Waals surface area contributed by atoms with Gasteiger partial charge in [-0.2, -0.15) is 0 Å². The molecule has 0 spiro atoms. The molecule has 0 saturated heterocycles. The van der Waals surface area contributed by atoms with E-state index in [1.807, 2.05) is 0 Å². The number of benzene rings is 2. The highest BCUT2D eigenvalue weighted by molar-refractivity contribution is 5.81. The van der Waals surface area contributed by atoms with Crippen LogP contribution in [0, 0.1) is 0 Å². The van der Waals surface area contributed by atoms with Crippen molar-refractivity contribution >= 4 is 16.9 Å². The smallest absolute Gasteiger partial charge is 0.347 e. The van der Waals surface area contributed by atoms with Gasteiger partial charge in [-0.15, -0.1) is 0 Å². The summed E-state index contributed by atoms with van der Waals surface area (Å²) in [6.45, 7) is 1.30. The molecular weight excluding hydrogens is 298 g/mol. The number of methoxy groups -OCH3 is 1. The van der Waals surface area contributed by atoms with Crippen LogP contribution in [-0.2, 0) is 4.79 Å². The molecule has 0 bridgehead atoms. The highest BCUT2D eigenvalue weighted by Gasteiger charge is 2.14. The third-order valence-electron chi connectivity index (χ3n) is 3.21. The van der Waals surface area contributed by atoms with Gasteiger partial charge in [0.05, 0.1) is 23.6 Å². The van der Waals surface area contributed by atoms with E-state index < -0.39 is 11.6 Å². The van der Waals surface area contributed by atoms with Crippen molar-refractivity contribution in [2.45, 2.75) is 6.92 Å². The molecule has 3 aromatic rings. The fourth-order valence-electron chi connectivity index (χ4n) is 2.18. The maximum absolute atomic E-state index is 12.2. The minimum absolute atomic E-state index is 0.0875. The van der Waals surface area contributed by atoms with E-state index in [1.165, 1.54) is 14.0 Å². The van der Waals surface area contributed by atoms with Crippen LogP contribution in [0.15, 0.2) is 51.7 Å². The van der Waals surface area contributed by atoms with Crippen molar-refractivity contribution in [1.82, 2.24) is 4.98 Å². The summed E-state index contributed by atoms with van der Waals surface area (Å²) in [6, 6.07) is 11.7. The molecule has 0 unspecified atom stereocenters. The summed E-state index contributed by atoms with van der Waals surface area (Å²) < 4.78 is 15.5. The Balaban J connectivity index is 2.18. The quantitative estimate of drug-likeness (QED) is 0.546. The van der Waals surface area contributed by atoms with Gasteiger partial charge >= 0.3 is 11.6 Å². The van der Waals surface area contributed by atoms with Crippen molar-refractivity contribution in [3.8, 4) is 23.0 Å². The molecule has 0 aliphatic rings. The number of esters is 1. The molecule has 0 N–H and O–H groups in total. The van der Waals surface area contributed by atoms with Crippen LogP contribution >= 0.6 is 0 Å². The minimum atomic E-state index is -0.540. The lowest BCUT2D eigenvalue weighted by Crippen LogP contribution is -2.06. The Hall–Kier alpha value is -3.15. The van der Waals surface area contributed by atoms with Crippen LogP contribution < -0.4 is 15.1 Å². The summed E-state index contributed by atoms with van der Waals surface area (Å²) in [4.78, 5) is 27.7. The van der Waals surface area contributed by atoms with Crippen molar-refractivity contribution in [3.63, 3.8) is 0 Å². The molecule has 0 atom stereocenters. The maximum Gasteiger partial charge on any atom is 0.347 e. The Labute approximate surface area is 131 Å². The minimum Gasteiger partial charge on any atom is -0.497 e. The Kier molecular flexibility index (Phi) is 3.80. The predicted molar refractivity (Wildman–Crippen MR) is 83.6 cm³/mol. The van der Waals surface area contributed by atoms with Gasteiger partial charge in [0.2, 0.25) is 5.89 Å². The summed E-state index contributed by atoms with van der Waals surface area (Å²) >= 11 is 0. The first kappa shape index (κ1) is 14.8. The number of carbonyl (C=O) groups excluding carboxylic acids is 1. The Bertz CT molecular complexity index is 945. The molecule has 0 aliphatic heterocycles. The van der Waals surface area contributed by atoms with Gasteiger partial charge in [0.15, 0.2) is 0 Å². The van der Waals surface area contributed by atoms with Gasteiger partial charge < -0.3 is 13.9 Å². The van der Waals surface area contributed by atoms with Gasteiger partial charge in [-0.05, 0) is 30.3 Å². The number of hydrogen-bond acceptors (Lipinski definition) is 6. The second-order valence-corrected chi connectivity index (χ2v) is 4.78. The average Bonchev–Trinajstić information content (AvgIpc) is 2.54. The molecule has 2 aromatic carbocycles. The average molecular weight is 311 g/mol. The van der Waals surface area contributed by atoms with Crippen molar-refractivity contribution < 1.29 is 18.7 Å². The number of rotatable bonds is 3. The molecule has 23 heavy (non-hydrogen) atoms. The van der Waals surface area contributed by atoms with Crippen LogP contribution in [0.1, 0.15) is 6.92 Å². The summed E-state index contributed by atoms with van der Waals surface area (Å²) in [5.74, 6) is 0.443. The molecule has 116 valence electrons. The van der Waals surface area contributed by atoms with Crippen LogP contribution in [0.3, 0.4) is 0 Å². The molecule has 0 radical (unpaired) electrons. The number of carbonyl (C=O) groups is 1. The topological polar surface area (TPSA) is 78.6 Å². The molecule has 3 rings (SSSR count). The van der Waals surface area contributed by atoms with Crippen molar-refractivity contribution in [1.29, 1.82) is 0 Å². The lowest BCUT2D eigenvalue weighted by molar-refractivity contribution is -0.131. The summed E-state index contributed by atoms with van der Waals surface area (Å²) in [5.41, 5.74) is 0.355. The maximum atomic E-state index is 12.2. The zero-order chi connectivity index (χ0) is 16.4. The highest BCUT2D eigenvalue weighted by Crippen LogP contribution is 2.29. The molecule has 6 heteroatoms. The first-order valence-electron chi connectivity index (χ1n) is 6.85. The van der Waals surface area contributed by atoms with E-state index in [0.29, 0.717) is 22.2 Å². The molecule has 0 amide bonds. The van der Waals surface area contributed by atoms with Gasteiger partial charge in [0, 0.05) is 6.92 Å². The molecule has 0 aliphatic carbocycles. The molecule has 0 saturated carbocycles. The SMILES string of the molecule is COc1ccc2nc(-c3ccccc3OC(C)=O)oc(=O)c2c1. The Morgan fingerprint density at radius 1 is 1.17 bits per heavy atom. The third kappa shape index (κ3) is 2.91. The Morgan fingerprint density at radius 2 is 1.96 bits per heavy atom. The first-order chi connectivity index (χ1) is 11.1. The second kappa shape index (κ2) is 5.92. The van der Waals surface area contributed by atoms with E-state index in [0.717, 1.165) is 0 Å². The van der Waals surface area contributed by atoms with E-state index in [9.17, 15) is 9.59 Å². The normalized spacial score (nSPS) is 10.5. The number of para-hydroxylation sites is 1. The van der Waals surface area contributed by atoms with E-state index in [1.54, 1.807) is 42.5 Å². The van der Waals surface area contributed by atoms with Gasteiger partial charge in [-0.1, -0.05) is 12.1 Å². The highest BCUT2D eigenvalue weighted by atomic mass is 16.5. The zero-order valence-electron chi connectivity index (χ0n) is 12.5. The fraction of sp³-hybridized carbons (Fsp3) is 0.118. The van der Waals surface area contributed by atoms with Crippen molar-refractivity contribution in [2.75, 3.05) is 7.11 Å². The summed E-state index contributed by atoms with van der Waals surface area (Å²) in [7, 11) is 1.51. The number of ether oxygens (including phenoxy) is 2. The second-order valence-electron chi connectivity index (χ2n) is 4.78. The van der Waals surface area contributed by atoms with E-state index in [2.05, 4.69) is 4.98 Å². The van der Waals surface area contributed by atoms with E-state index in [4.69, 9.17) is 13.9 Å². The number of nitrogens with zero attached hydrogens (tertiary/aromatic N) is 1. The number of aromatic nitrogens is 1. The third-order valence-corrected chi connectivity index (χ3v) is 3.21. The van der Waals surface area contributed by atoms with E-state index in [-0.39, 0.29) is 11.6 Å². The largest absolute Gasteiger partial charge is 0.497 e.